The van der Waals surface area contributed by atoms with Crippen LogP contribution in [0.3, 0.4) is 0 Å². The lowest BCUT2D eigenvalue weighted by Gasteiger charge is -2.14. The highest BCUT2D eigenvalue weighted by atomic mass is 16.5. The fourth-order valence-corrected chi connectivity index (χ4v) is 2.34. The van der Waals surface area contributed by atoms with E-state index in [1.54, 1.807) is 13.4 Å². The molecular weight excluding hydrogens is 226 g/mol. The minimum Gasteiger partial charge on any atom is -0.496 e. The van der Waals surface area contributed by atoms with Crippen LogP contribution in [0.15, 0.2) is 18.5 Å². The summed E-state index contributed by atoms with van der Waals surface area (Å²) in [4.78, 5) is 4.33. The maximum absolute atomic E-state index is 5.76. The normalized spacial score (nSPS) is 10.7. The number of nitrogens with zero attached hydrogens (tertiary/aromatic N) is 2. The van der Waals surface area contributed by atoms with Crippen LogP contribution in [-0.4, -0.2) is 16.7 Å². The second-order valence-electron chi connectivity index (χ2n) is 4.51. The van der Waals surface area contributed by atoms with E-state index in [1.807, 2.05) is 17.7 Å². The maximum Gasteiger partial charge on any atom is 0.128 e. The Morgan fingerprint density at radius 1 is 1.33 bits per heavy atom. The Kier molecular flexibility index (Phi) is 3.39. The number of aromatic nitrogens is 2. The van der Waals surface area contributed by atoms with Crippen LogP contribution in [0.25, 0.3) is 11.3 Å². The standard InChI is InChI=1S/C14H19N3O/c1-9-5-10(2)13(12(6-9)18-4)14-11(7-15)16-8-17(14)3/h5-6,8H,7,15H2,1-4H3. The van der Waals surface area contributed by atoms with Gasteiger partial charge in [0.2, 0.25) is 0 Å². The smallest absolute Gasteiger partial charge is 0.128 e. The van der Waals surface area contributed by atoms with Crippen molar-refractivity contribution >= 4 is 0 Å². The van der Waals surface area contributed by atoms with Crippen LogP contribution in [0.1, 0.15) is 16.8 Å². The highest BCUT2D eigenvalue weighted by molar-refractivity contribution is 5.74. The minimum absolute atomic E-state index is 0.423. The number of aryl methyl sites for hydroxylation is 3. The lowest BCUT2D eigenvalue weighted by atomic mass is 10.00. The number of rotatable bonds is 3. The van der Waals surface area contributed by atoms with Gasteiger partial charge < -0.3 is 15.0 Å². The molecular formula is C14H19N3O. The fraction of sp³-hybridized carbons (Fsp3) is 0.357. The first-order valence-corrected chi connectivity index (χ1v) is 5.94. The second-order valence-corrected chi connectivity index (χ2v) is 4.51. The van der Waals surface area contributed by atoms with Crippen molar-refractivity contribution in [2.75, 3.05) is 7.11 Å². The summed E-state index contributed by atoms with van der Waals surface area (Å²) in [7, 11) is 3.66. The zero-order valence-corrected chi connectivity index (χ0v) is 11.3. The molecule has 1 aromatic carbocycles. The SMILES string of the molecule is COc1cc(C)cc(C)c1-c1c(CN)ncn1C. The lowest BCUT2D eigenvalue weighted by molar-refractivity contribution is 0.415. The van der Waals surface area contributed by atoms with Gasteiger partial charge in [0.25, 0.3) is 0 Å². The van der Waals surface area contributed by atoms with Crippen molar-refractivity contribution in [3.05, 3.63) is 35.3 Å². The van der Waals surface area contributed by atoms with E-state index in [2.05, 4.69) is 24.9 Å². The van der Waals surface area contributed by atoms with Gasteiger partial charge in [0.15, 0.2) is 0 Å². The summed E-state index contributed by atoms with van der Waals surface area (Å²) in [5.41, 5.74) is 11.1. The van der Waals surface area contributed by atoms with Crippen LogP contribution in [0.4, 0.5) is 0 Å². The van der Waals surface area contributed by atoms with E-state index in [9.17, 15) is 0 Å². The van der Waals surface area contributed by atoms with Gasteiger partial charge in [0, 0.05) is 19.2 Å². The van der Waals surface area contributed by atoms with Gasteiger partial charge >= 0.3 is 0 Å². The molecule has 0 amide bonds. The third kappa shape index (κ3) is 1.99. The van der Waals surface area contributed by atoms with Crippen LogP contribution in [0, 0.1) is 13.8 Å². The van der Waals surface area contributed by atoms with Gasteiger partial charge in [-0.05, 0) is 31.0 Å². The van der Waals surface area contributed by atoms with E-state index >= 15 is 0 Å². The molecule has 1 heterocycles. The fourth-order valence-electron chi connectivity index (χ4n) is 2.34. The van der Waals surface area contributed by atoms with Crippen LogP contribution < -0.4 is 10.5 Å². The van der Waals surface area contributed by atoms with Gasteiger partial charge in [-0.2, -0.15) is 0 Å². The van der Waals surface area contributed by atoms with Gasteiger partial charge in [0.05, 0.1) is 24.8 Å². The van der Waals surface area contributed by atoms with E-state index in [4.69, 9.17) is 10.5 Å². The highest BCUT2D eigenvalue weighted by Crippen LogP contribution is 2.35. The van der Waals surface area contributed by atoms with Crippen LogP contribution in [-0.2, 0) is 13.6 Å². The van der Waals surface area contributed by atoms with E-state index in [0.717, 1.165) is 22.7 Å². The van der Waals surface area contributed by atoms with Crippen molar-refractivity contribution in [2.45, 2.75) is 20.4 Å². The molecule has 96 valence electrons. The van der Waals surface area contributed by atoms with E-state index in [1.165, 1.54) is 11.1 Å². The molecule has 0 unspecified atom stereocenters. The van der Waals surface area contributed by atoms with Gasteiger partial charge in [-0.3, -0.25) is 0 Å². The average Bonchev–Trinajstić information content (AvgIpc) is 2.69. The predicted molar refractivity (Wildman–Crippen MR) is 72.6 cm³/mol. The van der Waals surface area contributed by atoms with E-state index < -0.39 is 0 Å². The molecule has 1 aromatic heterocycles. The first kappa shape index (κ1) is 12.6. The Bertz CT molecular complexity index is 573. The minimum atomic E-state index is 0.423. The molecule has 0 spiro atoms. The first-order valence-electron chi connectivity index (χ1n) is 5.94. The quantitative estimate of drug-likeness (QED) is 0.901. The number of hydrogen-bond donors (Lipinski definition) is 1. The number of hydrogen-bond acceptors (Lipinski definition) is 3. The third-order valence-corrected chi connectivity index (χ3v) is 3.11. The average molecular weight is 245 g/mol. The summed E-state index contributed by atoms with van der Waals surface area (Å²) in [5, 5.41) is 0. The summed E-state index contributed by atoms with van der Waals surface area (Å²) in [6, 6.07) is 4.18. The van der Waals surface area contributed by atoms with Crippen molar-refractivity contribution < 1.29 is 4.74 Å². The zero-order chi connectivity index (χ0) is 13.3. The van der Waals surface area contributed by atoms with E-state index in [0.29, 0.717) is 6.54 Å². The van der Waals surface area contributed by atoms with Crippen LogP contribution >= 0.6 is 0 Å². The molecule has 0 radical (unpaired) electrons. The molecule has 0 aliphatic heterocycles. The molecule has 2 rings (SSSR count). The van der Waals surface area contributed by atoms with Crippen LogP contribution in [0.5, 0.6) is 5.75 Å². The topological polar surface area (TPSA) is 53.1 Å². The number of imidazole rings is 1. The molecule has 4 heteroatoms. The molecule has 0 saturated heterocycles. The Labute approximate surface area is 107 Å². The van der Waals surface area contributed by atoms with Gasteiger partial charge in [-0.1, -0.05) is 6.07 Å². The lowest BCUT2D eigenvalue weighted by Crippen LogP contribution is -2.03. The van der Waals surface area contributed by atoms with Crippen molar-refractivity contribution in [3.63, 3.8) is 0 Å². The molecule has 0 fully saturated rings. The molecule has 2 aromatic rings. The Balaban J connectivity index is 2.73. The monoisotopic (exact) mass is 245 g/mol. The maximum atomic E-state index is 5.76. The molecule has 0 saturated carbocycles. The van der Waals surface area contributed by atoms with Gasteiger partial charge in [0.1, 0.15) is 5.75 Å². The first-order chi connectivity index (χ1) is 8.58. The Morgan fingerprint density at radius 3 is 2.67 bits per heavy atom. The van der Waals surface area contributed by atoms with Gasteiger partial charge in [-0.25, -0.2) is 4.98 Å². The summed E-state index contributed by atoms with van der Waals surface area (Å²) < 4.78 is 7.49. The van der Waals surface area contributed by atoms with Crippen molar-refractivity contribution in [1.82, 2.24) is 9.55 Å². The summed E-state index contributed by atoms with van der Waals surface area (Å²) in [5.74, 6) is 0.866. The summed E-state index contributed by atoms with van der Waals surface area (Å²) in [6.07, 6.45) is 1.79. The van der Waals surface area contributed by atoms with Crippen LogP contribution in [0.2, 0.25) is 0 Å². The number of nitrogens with two attached hydrogens (primary N) is 1. The molecule has 0 bridgehead atoms. The number of benzene rings is 1. The summed E-state index contributed by atoms with van der Waals surface area (Å²) in [6.45, 7) is 4.57. The second kappa shape index (κ2) is 4.82. The molecule has 0 aliphatic rings. The van der Waals surface area contributed by atoms with Crippen molar-refractivity contribution in [3.8, 4) is 17.0 Å². The summed E-state index contributed by atoms with van der Waals surface area (Å²) >= 11 is 0. The third-order valence-electron chi connectivity index (χ3n) is 3.11. The van der Waals surface area contributed by atoms with E-state index in [-0.39, 0.29) is 0 Å². The predicted octanol–water partition coefficient (Wildman–Crippen LogP) is 2.17. The zero-order valence-electron chi connectivity index (χ0n) is 11.3. The van der Waals surface area contributed by atoms with Gasteiger partial charge in [-0.15, -0.1) is 0 Å². The highest BCUT2D eigenvalue weighted by Gasteiger charge is 2.17. The number of methoxy groups -OCH3 is 1. The largest absolute Gasteiger partial charge is 0.496 e. The van der Waals surface area contributed by atoms with Crippen molar-refractivity contribution in [1.29, 1.82) is 0 Å². The number of ether oxygens (including phenoxy) is 1. The Morgan fingerprint density at radius 2 is 2.06 bits per heavy atom. The Hall–Kier alpha value is -1.81. The molecule has 0 aliphatic carbocycles. The molecule has 0 atom stereocenters. The molecule has 2 N–H and O–H groups in total. The van der Waals surface area contributed by atoms with Crippen molar-refractivity contribution in [2.24, 2.45) is 12.8 Å². The molecule has 18 heavy (non-hydrogen) atoms. The molecule has 4 nitrogen and oxygen atoms in total.